The van der Waals surface area contributed by atoms with Crippen molar-refractivity contribution in [3.05, 3.63) is 99.0 Å². The number of thiazole rings is 1. The fraction of sp³-hybridized carbons (Fsp3) is 0.258. The normalized spacial score (nSPS) is 12.9. The van der Waals surface area contributed by atoms with E-state index in [9.17, 15) is 9.59 Å². The van der Waals surface area contributed by atoms with Crippen LogP contribution in [0.1, 0.15) is 42.5 Å². The number of amides is 2. The van der Waals surface area contributed by atoms with E-state index in [1.54, 1.807) is 43.9 Å². The van der Waals surface area contributed by atoms with Gasteiger partial charge in [-0.15, -0.1) is 11.3 Å². The summed E-state index contributed by atoms with van der Waals surface area (Å²) in [5.41, 5.74) is 5.63. The topological polar surface area (TPSA) is 92.8 Å². The minimum atomic E-state index is -0.343. The second-order valence-corrected chi connectivity index (χ2v) is 10.7. The fourth-order valence-corrected chi connectivity index (χ4v) is 5.41. The van der Waals surface area contributed by atoms with Crippen LogP contribution in [0.5, 0.6) is 11.5 Å². The lowest BCUT2D eigenvalue weighted by Gasteiger charge is -2.29. The van der Waals surface area contributed by atoms with E-state index in [1.165, 1.54) is 28.0 Å². The maximum absolute atomic E-state index is 13.1. The molecular weight excluding hydrogens is 524 g/mol. The van der Waals surface area contributed by atoms with Gasteiger partial charge >= 0.3 is 0 Å². The van der Waals surface area contributed by atoms with Gasteiger partial charge in [-0.2, -0.15) is 0 Å². The second kappa shape index (κ2) is 12.3. The van der Waals surface area contributed by atoms with Crippen molar-refractivity contribution in [1.29, 1.82) is 0 Å². The lowest BCUT2D eigenvalue weighted by Crippen LogP contribution is -2.32. The zero-order chi connectivity index (χ0) is 28.1. The Labute approximate surface area is 238 Å². The first-order chi connectivity index (χ1) is 19.4. The SMILES string of the molecule is COc1cc2c(cc1OC)CN(CCc1ccc(NC(=O)c3ccccc3NC(=O)c3csc(C)n3)cc1)CC2. The quantitative estimate of drug-likeness (QED) is 0.280. The van der Waals surface area contributed by atoms with Crippen LogP contribution in [-0.2, 0) is 19.4 Å². The van der Waals surface area contributed by atoms with Crippen LogP contribution in [0.15, 0.2) is 66.0 Å². The van der Waals surface area contributed by atoms with Crippen molar-refractivity contribution in [2.75, 3.05) is 37.9 Å². The van der Waals surface area contributed by atoms with Gasteiger partial charge in [-0.25, -0.2) is 4.98 Å². The molecule has 8 nitrogen and oxygen atoms in total. The van der Waals surface area contributed by atoms with E-state index in [0.717, 1.165) is 49.0 Å². The zero-order valence-electron chi connectivity index (χ0n) is 22.8. The molecule has 2 N–H and O–H groups in total. The number of nitrogens with one attached hydrogen (secondary N) is 2. The Hall–Kier alpha value is -4.21. The number of fused-ring (bicyclic) bond motifs is 1. The number of hydrogen-bond donors (Lipinski definition) is 2. The van der Waals surface area contributed by atoms with Crippen molar-refractivity contribution >= 4 is 34.5 Å². The molecule has 0 saturated carbocycles. The highest BCUT2D eigenvalue weighted by molar-refractivity contribution is 7.09. The first-order valence-corrected chi connectivity index (χ1v) is 14.0. The molecule has 3 aromatic carbocycles. The Morgan fingerprint density at radius 1 is 0.950 bits per heavy atom. The number of benzene rings is 3. The van der Waals surface area contributed by atoms with Crippen molar-refractivity contribution in [3.63, 3.8) is 0 Å². The number of nitrogens with zero attached hydrogens (tertiary/aromatic N) is 2. The van der Waals surface area contributed by atoms with Gasteiger partial charge in [0.1, 0.15) is 5.69 Å². The first-order valence-electron chi connectivity index (χ1n) is 13.1. The lowest BCUT2D eigenvalue weighted by molar-refractivity contribution is 0.102. The molecular formula is C31H32N4O4S. The molecule has 0 fully saturated rings. The number of ether oxygens (including phenoxy) is 2. The Kier molecular flexibility index (Phi) is 8.42. The number of anilines is 2. The Bertz CT molecular complexity index is 1520. The van der Waals surface area contributed by atoms with Crippen molar-refractivity contribution in [2.45, 2.75) is 26.3 Å². The molecule has 9 heteroatoms. The van der Waals surface area contributed by atoms with Crippen LogP contribution in [0.25, 0.3) is 0 Å². The van der Waals surface area contributed by atoms with Crippen molar-refractivity contribution in [2.24, 2.45) is 0 Å². The van der Waals surface area contributed by atoms with Gasteiger partial charge in [0.25, 0.3) is 11.8 Å². The number of rotatable bonds is 9. The molecule has 1 aromatic heterocycles. The van der Waals surface area contributed by atoms with Gasteiger partial charge < -0.3 is 20.1 Å². The summed E-state index contributed by atoms with van der Waals surface area (Å²) in [6, 6.07) is 19.0. The Morgan fingerprint density at radius 3 is 2.38 bits per heavy atom. The molecule has 0 atom stereocenters. The number of carbonyl (C=O) groups excluding carboxylic acids is 2. The average molecular weight is 557 g/mol. The molecule has 0 radical (unpaired) electrons. The largest absolute Gasteiger partial charge is 0.493 e. The third-order valence-corrected chi connectivity index (χ3v) is 7.77. The van der Waals surface area contributed by atoms with E-state index < -0.39 is 0 Å². The number of para-hydroxylation sites is 1. The molecule has 0 aliphatic carbocycles. The molecule has 5 rings (SSSR count). The van der Waals surface area contributed by atoms with Gasteiger partial charge in [0.05, 0.1) is 30.5 Å². The van der Waals surface area contributed by atoms with Crippen molar-refractivity contribution < 1.29 is 19.1 Å². The minimum absolute atomic E-state index is 0.294. The van der Waals surface area contributed by atoms with Gasteiger partial charge in [0.15, 0.2) is 11.5 Å². The van der Waals surface area contributed by atoms with E-state index in [4.69, 9.17) is 9.47 Å². The summed E-state index contributed by atoms with van der Waals surface area (Å²) in [6.45, 7) is 4.65. The number of carbonyl (C=O) groups is 2. The summed E-state index contributed by atoms with van der Waals surface area (Å²) >= 11 is 1.41. The molecule has 2 amide bonds. The highest BCUT2D eigenvalue weighted by Crippen LogP contribution is 2.33. The summed E-state index contributed by atoms with van der Waals surface area (Å²) in [5.74, 6) is 0.906. The van der Waals surface area contributed by atoms with Crippen LogP contribution in [0, 0.1) is 6.92 Å². The first kappa shape index (κ1) is 27.4. The predicted molar refractivity (Wildman–Crippen MR) is 158 cm³/mol. The summed E-state index contributed by atoms with van der Waals surface area (Å²) in [5, 5.41) is 8.26. The highest BCUT2D eigenvalue weighted by Gasteiger charge is 2.20. The van der Waals surface area contributed by atoms with Gasteiger partial charge in [-0.1, -0.05) is 24.3 Å². The Morgan fingerprint density at radius 2 is 1.68 bits per heavy atom. The maximum Gasteiger partial charge on any atom is 0.275 e. The maximum atomic E-state index is 13.1. The minimum Gasteiger partial charge on any atom is -0.493 e. The molecule has 206 valence electrons. The van der Waals surface area contributed by atoms with E-state index in [0.29, 0.717) is 22.6 Å². The van der Waals surface area contributed by atoms with Gasteiger partial charge in [0, 0.05) is 30.7 Å². The number of methoxy groups -OCH3 is 2. The third-order valence-electron chi connectivity index (χ3n) is 7.00. The van der Waals surface area contributed by atoms with E-state index >= 15 is 0 Å². The molecule has 0 saturated heterocycles. The van der Waals surface area contributed by atoms with Crippen LogP contribution in [0.2, 0.25) is 0 Å². The standard InChI is InChI=1S/C31H32N4O4S/c1-20-32-27(19-40-20)31(37)34-26-7-5-4-6-25(26)30(36)33-24-10-8-21(9-11-24)12-14-35-15-13-22-16-28(38-2)29(39-3)17-23(22)18-35/h4-11,16-17,19H,12-15,18H2,1-3H3,(H,33,36)(H,34,37). The summed E-state index contributed by atoms with van der Waals surface area (Å²) < 4.78 is 10.9. The number of aromatic nitrogens is 1. The summed E-state index contributed by atoms with van der Waals surface area (Å²) in [7, 11) is 3.33. The number of aryl methyl sites for hydroxylation is 1. The predicted octanol–water partition coefficient (Wildman–Crippen LogP) is 5.57. The van der Waals surface area contributed by atoms with Crippen LogP contribution in [0.4, 0.5) is 11.4 Å². The number of hydrogen-bond acceptors (Lipinski definition) is 7. The molecule has 0 unspecified atom stereocenters. The van der Waals surface area contributed by atoms with Crippen molar-refractivity contribution in [1.82, 2.24) is 9.88 Å². The fourth-order valence-electron chi connectivity index (χ4n) is 4.82. The van der Waals surface area contributed by atoms with Crippen molar-refractivity contribution in [3.8, 4) is 11.5 Å². The molecule has 0 spiro atoms. The third kappa shape index (κ3) is 6.32. The molecule has 40 heavy (non-hydrogen) atoms. The van der Waals surface area contributed by atoms with E-state index in [2.05, 4.69) is 32.7 Å². The second-order valence-electron chi connectivity index (χ2n) is 9.65. The molecule has 1 aliphatic heterocycles. The lowest BCUT2D eigenvalue weighted by atomic mass is 9.98. The van der Waals surface area contributed by atoms with E-state index in [-0.39, 0.29) is 11.8 Å². The highest BCUT2D eigenvalue weighted by atomic mass is 32.1. The van der Waals surface area contributed by atoms with Gasteiger partial charge in [-0.05, 0) is 72.9 Å². The average Bonchev–Trinajstić information content (AvgIpc) is 3.42. The smallest absolute Gasteiger partial charge is 0.275 e. The van der Waals surface area contributed by atoms with Crippen LogP contribution in [0.3, 0.4) is 0 Å². The van der Waals surface area contributed by atoms with Gasteiger partial charge in [-0.3, -0.25) is 14.5 Å². The Balaban J connectivity index is 1.17. The van der Waals surface area contributed by atoms with Crippen LogP contribution >= 0.6 is 11.3 Å². The van der Waals surface area contributed by atoms with Crippen LogP contribution < -0.4 is 20.1 Å². The van der Waals surface area contributed by atoms with Crippen LogP contribution in [-0.4, -0.2) is 49.0 Å². The van der Waals surface area contributed by atoms with Gasteiger partial charge in [0.2, 0.25) is 0 Å². The summed E-state index contributed by atoms with van der Waals surface area (Å²) in [6.07, 6.45) is 1.88. The zero-order valence-corrected chi connectivity index (χ0v) is 23.6. The molecule has 0 bridgehead atoms. The molecule has 4 aromatic rings. The summed E-state index contributed by atoms with van der Waals surface area (Å²) in [4.78, 5) is 32.3. The monoisotopic (exact) mass is 556 g/mol. The van der Waals surface area contributed by atoms with E-state index in [1.807, 2.05) is 31.2 Å². The molecule has 2 heterocycles. The molecule has 1 aliphatic rings.